The van der Waals surface area contributed by atoms with Crippen LogP contribution in [0.15, 0.2) is 0 Å². The molecule has 0 spiro atoms. The van der Waals surface area contributed by atoms with Gasteiger partial charge in [0.25, 0.3) is 0 Å². The molecule has 0 rings (SSSR count). The zero-order chi connectivity index (χ0) is 13.3. The largest absolute Gasteiger partial charge is 0.383 e. The summed E-state index contributed by atoms with van der Waals surface area (Å²) in [6.07, 6.45) is 1.14. The smallest absolute Gasteiger partial charge is 0.0615 e. The molecule has 0 aromatic carbocycles. The van der Waals surface area contributed by atoms with Gasteiger partial charge in [-0.25, -0.2) is 0 Å². The lowest BCUT2D eigenvalue weighted by atomic mass is 9.96. The molecule has 3 unspecified atom stereocenters. The van der Waals surface area contributed by atoms with Crippen LogP contribution in [-0.2, 0) is 9.47 Å². The maximum absolute atomic E-state index is 5.93. The predicted molar refractivity (Wildman–Crippen MR) is 72.2 cm³/mol. The Balaban J connectivity index is 4.60. The van der Waals surface area contributed by atoms with Crippen molar-refractivity contribution in [1.29, 1.82) is 0 Å². The average Bonchev–Trinajstić information content (AvgIpc) is 2.33. The van der Waals surface area contributed by atoms with Crippen LogP contribution in [-0.4, -0.2) is 57.5 Å². The van der Waals surface area contributed by atoms with E-state index in [-0.39, 0.29) is 0 Å². The molecule has 0 aliphatic rings. The van der Waals surface area contributed by atoms with Crippen molar-refractivity contribution in [3.63, 3.8) is 0 Å². The Labute approximate surface area is 106 Å². The van der Waals surface area contributed by atoms with Gasteiger partial charge in [-0.15, -0.1) is 0 Å². The minimum atomic E-state index is 0.373. The summed E-state index contributed by atoms with van der Waals surface area (Å²) < 4.78 is 10.4. The standard InChI is InChI=1S/C13H30N2O2/c1-6-11(2)13(9-14)15(7-8-16-4)12(3)10-17-5/h11-13H,6-10,14H2,1-5H3. The first-order valence-electron chi connectivity index (χ1n) is 6.55. The SMILES string of the molecule is CCC(C)C(CN)N(CCOC)C(C)COC. The first-order valence-corrected chi connectivity index (χ1v) is 6.55. The van der Waals surface area contributed by atoms with Gasteiger partial charge in [-0.1, -0.05) is 20.3 Å². The van der Waals surface area contributed by atoms with Crippen molar-refractivity contribution in [2.75, 3.05) is 40.5 Å². The van der Waals surface area contributed by atoms with Gasteiger partial charge in [0.1, 0.15) is 0 Å². The molecule has 4 heteroatoms. The van der Waals surface area contributed by atoms with Crippen LogP contribution < -0.4 is 5.73 Å². The van der Waals surface area contributed by atoms with E-state index in [0.29, 0.717) is 24.5 Å². The van der Waals surface area contributed by atoms with Crippen LogP contribution in [0.4, 0.5) is 0 Å². The van der Waals surface area contributed by atoms with Crippen molar-refractivity contribution in [1.82, 2.24) is 4.90 Å². The van der Waals surface area contributed by atoms with Gasteiger partial charge in [0.05, 0.1) is 13.2 Å². The Morgan fingerprint density at radius 2 is 1.82 bits per heavy atom. The lowest BCUT2D eigenvalue weighted by molar-refractivity contribution is 0.0323. The van der Waals surface area contributed by atoms with Gasteiger partial charge < -0.3 is 15.2 Å². The Hall–Kier alpha value is -0.160. The highest BCUT2D eigenvalue weighted by Gasteiger charge is 2.25. The summed E-state index contributed by atoms with van der Waals surface area (Å²) in [5.74, 6) is 0.594. The van der Waals surface area contributed by atoms with Crippen LogP contribution >= 0.6 is 0 Å². The summed E-state index contributed by atoms with van der Waals surface area (Å²) in [6, 6.07) is 0.776. The Kier molecular flexibility index (Phi) is 9.74. The summed E-state index contributed by atoms with van der Waals surface area (Å²) in [5.41, 5.74) is 5.93. The van der Waals surface area contributed by atoms with Crippen molar-refractivity contribution in [2.24, 2.45) is 11.7 Å². The topological polar surface area (TPSA) is 47.7 Å². The van der Waals surface area contributed by atoms with Gasteiger partial charge in [0.15, 0.2) is 0 Å². The van der Waals surface area contributed by atoms with E-state index in [0.717, 1.165) is 26.2 Å². The van der Waals surface area contributed by atoms with Gasteiger partial charge in [-0.2, -0.15) is 0 Å². The number of methoxy groups -OCH3 is 2. The summed E-state index contributed by atoms with van der Waals surface area (Å²) in [5, 5.41) is 0. The van der Waals surface area contributed by atoms with Gasteiger partial charge in [0, 0.05) is 39.4 Å². The van der Waals surface area contributed by atoms with E-state index in [1.54, 1.807) is 14.2 Å². The third-order valence-corrected chi connectivity index (χ3v) is 3.50. The molecule has 0 fully saturated rings. The highest BCUT2D eigenvalue weighted by Crippen LogP contribution is 2.16. The molecule has 3 atom stereocenters. The maximum atomic E-state index is 5.93. The van der Waals surface area contributed by atoms with E-state index in [1.165, 1.54) is 0 Å². The van der Waals surface area contributed by atoms with Crippen LogP contribution in [0.5, 0.6) is 0 Å². The molecule has 0 aliphatic heterocycles. The second-order valence-corrected chi connectivity index (χ2v) is 4.72. The molecule has 0 aromatic heterocycles. The van der Waals surface area contributed by atoms with Gasteiger partial charge >= 0.3 is 0 Å². The monoisotopic (exact) mass is 246 g/mol. The molecular formula is C13H30N2O2. The van der Waals surface area contributed by atoms with Crippen LogP contribution in [0.1, 0.15) is 27.2 Å². The highest BCUT2D eigenvalue weighted by atomic mass is 16.5. The number of ether oxygens (including phenoxy) is 2. The quantitative estimate of drug-likeness (QED) is 0.632. The number of nitrogens with zero attached hydrogens (tertiary/aromatic N) is 1. The third-order valence-electron chi connectivity index (χ3n) is 3.50. The average molecular weight is 246 g/mol. The van der Waals surface area contributed by atoms with E-state index < -0.39 is 0 Å². The molecule has 0 aromatic rings. The van der Waals surface area contributed by atoms with Gasteiger partial charge in [0.2, 0.25) is 0 Å². The highest BCUT2D eigenvalue weighted by molar-refractivity contribution is 4.81. The molecule has 0 saturated heterocycles. The molecule has 104 valence electrons. The molecule has 2 N–H and O–H groups in total. The van der Waals surface area contributed by atoms with Crippen molar-refractivity contribution in [2.45, 2.75) is 39.3 Å². The number of hydrogen-bond acceptors (Lipinski definition) is 4. The number of nitrogens with two attached hydrogens (primary N) is 1. The molecule has 0 amide bonds. The molecule has 0 heterocycles. The lowest BCUT2D eigenvalue weighted by Gasteiger charge is -2.38. The minimum absolute atomic E-state index is 0.373. The first-order chi connectivity index (χ1) is 8.12. The van der Waals surface area contributed by atoms with Crippen LogP contribution in [0.25, 0.3) is 0 Å². The Morgan fingerprint density at radius 3 is 2.24 bits per heavy atom. The van der Waals surface area contributed by atoms with E-state index in [1.807, 2.05) is 0 Å². The van der Waals surface area contributed by atoms with E-state index >= 15 is 0 Å². The first kappa shape index (κ1) is 16.8. The fourth-order valence-corrected chi connectivity index (χ4v) is 2.21. The molecule has 17 heavy (non-hydrogen) atoms. The summed E-state index contributed by atoms with van der Waals surface area (Å²) in [6.45, 7) is 9.72. The number of hydrogen-bond donors (Lipinski definition) is 1. The molecule has 4 nitrogen and oxygen atoms in total. The summed E-state index contributed by atoms with van der Waals surface area (Å²) in [4.78, 5) is 2.42. The summed E-state index contributed by atoms with van der Waals surface area (Å²) in [7, 11) is 3.48. The van der Waals surface area contributed by atoms with Gasteiger partial charge in [-0.05, 0) is 12.8 Å². The summed E-state index contributed by atoms with van der Waals surface area (Å²) >= 11 is 0. The fraction of sp³-hybridized carbons (Fsp3) is 1.00. The lowest BCUT2D eigenvalue weighted by Crippen LogP contribution is -2.51. The molecule has 0 radical (unpaired) electrons. The zero-order valence-corrected chi connectivity index (χ0v) is 12.1. The van der Waals surface area contributed by atoms with Crippen LogP contribution in [0.2, 0.25) is 0 Å². The second kappa shape index (κ2) is 9.83. The number of rotatable bonds is 10. The maximum Gasteiger partial charge on any atom is 0.0615 e. The zero-order valence-electron chi connectivity index (χ0n) is 12.1. The van der Waals surface area contributed by atoms with Crippen molar-refractivity contribution in [3.8, 4) is 0 Å². The van der Waals surface area contributed by atoms with Crippen molar-refractivity contribution >= 4 is 0 Å². The second-order valence-electron chi connectivity index (χ2n) is 4.72. The van der Waals surface area contributed by atoms with Crippen LogP contribution in [0.3, 0.4) is 0 Å². The fourth-order valence-electron chi connectivity index (χ4n) is 2.21. The Bertz CT molecular complexity index is 179. The Morgan fingerprint density at radius 1 is 1.18 bits per heavy atom. The third kappa shape index (κ3) is 5.82. The van der Waals surface area contributed by atoms with Gasteiger partial charge in [-0.3, -0.25) is 4.90 Å². The minimum Gasteiger partial charge on any atom is -0.383 e. The molecule has 0 saturated carbocycles. The van der Waals surface area contributed by atoms with Crippen molar-refractivity contribution in [3.05, 3.63) is 0 Å². The molecular weight excluding hydrogens is 216 g/mol. The molecule has 0 aliphatic carbocycles. The van der Waals surface area contributed by atoms with Crippen LogP contribution in [0, 0.1) is 5.92 Å². The van der Waals surface area contributed by atoms with E-state index in [9.17, 15) is 0 Å². The molecule has 0 bridgehead atoms. The normalized spacial score (nSPS) is 17.1. The van der Waals surface area contributed by atoms with Crippen molar-refractivity contribution < 1.29 is 9.47 Å². The van der Waals surface area contributed by atoms with E-state index in [4.69, 9.17) is 15.2 Å². The van der Waals surface area contributed by atoms with E-state index in [2.05, 4.69) is 25.7 Å². The predicted octanol–water partition coefficient (Wildman–Crippen LogP) is 1.34.